The summed E-state index contributed by atoms with van der Waals surface area (Å²) >= 11 is 0. The second kappa shape index (κ2) is 3.70. The molecule has 2 N–H and O–H groups in total. The Morgan fingerprint density at radius 3 is 3.14 bits per heavy atom. The highest BCUT2D eigenvalue weighted by Crippen LogP contribution is 2.23. The van der Waals surface area contributed by atoms with Gasteiger partial charge in [-0.05, 0) is 30.0 Å². The largest absolute Gasteiger partial charge is 0.481 e. The Labute approximate surface area is 82.8 Å². The molecule has 0 spiro atoms. The zero-order valence-electron chi connectivity index (χ0n) is 7.92. The summed E-state index contributed by atoms with van der Waals surface area (Å²) in [5.41, 5.74) is 3.61. The van der Waals surface area contributed by atoms with Gasteiger partial charge in [-0.25, -0.2) is 0 Å². The van der Waals surface area contributed by atoms with E-state index < -0.39 is 5.97 Å². The minimum absolute atomic E-state index is 0.207. The van der Waals surface area contributed by atoms with Gasteiger partial charge in [0.2, 0.25) is 0 Å². The average Bonchev–Trinajstić information content (AvgIpc) is 2.61. The third-order valence-electron chi connectivity index (χ3n) is 2.51. The quantitative estimate of drug-likeness (QED) is 0.764. The first-order chi connectivity index (χ1) is 6.75. The average molecular weight is 191 g/mol. The Kier molecular flexibility index (Phi) is 2.39. The minimum Gasteiger partial charge on any atom is -0.481 e. The molecular formula is C11H13NO2. The van der Waals surface area contributed by atoms with Gasteiger partial charge in [0, 0.05) is 18.7 Å². The molecule has 0 aliphatic carbocycles. The first-order valence-electron chi connectivity index (χ1n) is 4.83. The number of hydrogen-bond acceptors (Lipinski definition) is 2. The van der Waals surface area contributed by atoms with Gasteiger partial charge in [-0.1, -0.05) is 12.1 Å². The predicted octanol–water partition coefficient (Wildman–Crippen LogP) is 1.67. The highest BCUT2D eigenvalue weighted by molar-refractivity contribution is 5.67. The van der Waals surface area contributed by atoms with Crippen LogP contribution < -0.4 is 5.32 Å². The molecule has 1 aliphatic heterocycles. The van der Waals surface area contributed by atoms with Crippen LogP contribution in [0, 0.1) is 0 Å². The molecule has 74 valence electrons. The number of aryl methyl sites for hydroxylation is 1. The lowest BCUT2D eigenvalue weighted by Crippen LogP contribution is -1.98. The maximum atomic E-state index is 10.4. The number of carboxylic acid groups (broad SMARTS) is 1. The van der Waals surface area contributed by atoms with Gasteiger partial charge in [-0.2, -0.15) is 0 Å². The van der Waals surface area contributed by atoms with Crippen LogP contribution in [0.2, 0.25) is 0 Å². The molecule has 0 atom stereocenters. The zero-order valence-corrected chi connectivity index (χ0v) is 7.92. The molecule has 0 fully saturated rings. The van der Waals surface area contributed by atoms with Gasteiger partial charge in [-0.3, -0.25) is 4.79 Å². The lowest BCUT2D eigenvalue weighted by Gasteiger charge is -2.03. The van der Waals surface area contributed by atoms with Gasteiger partial charge in [0.15, 0.2) is 0 Å². The van der Waals surface area contributed by atoms with Crippen molar-refractivity contribution in [1.29, 1.82) is 0 Å². The Morgan fingerprint density at radius 1 is 1.50 bits per heavy atom. The predicted molar refractivity (Wildman–Crippen MR) is 54.6 cm³/mol. The Hall–Kier alpha value is -1.51. The van der Waals surface area contributed by atoms with Crippen LogP contribution in [0.1, 0.15) is 17.5 Å². The fourth-order valence-corrected chi connectivity index (χ4v) is 1.74. The summed E-state index contributed by atoms with van der Waals surface area (Å²) in [6.07, 6.45) is 1.90. The van der Waals surface area contributed by atoms with E-state index in [1.165, 1.54) is 11.3 Å². The first-order valence-corrected chi connectivity index (χ1v) is 4.83. The molecule has 0 saturated carbocycles. The fraction of sp³-hybridized carbons (Fsp3) is 0.364. The van der Waals surface area contributed by atoms with Gasteiger partial charge >= 0.3 is 5.97 Å². The normalized spacial score (nSPS) is 13.4. The van der Waals surface area contributed by atoms with Crippen LogP contribution in [0.25, 0.3) is 0 Å². The Bertz CT molecular complexity index is 360. The molecular weight excluding hydrogens is 178 g/mol. The molecule has 0 aromatic heterocycles. The molecule has 14 heavy (non-hydrogen) atoms. The monoisotopic (exact) mass is 191 g/mol. The number of carboxylic acids is 1. The van der Waals surface area contributed by atoms with Gasteiger partial charge < -0.3 is 10.4 Å². The highest BCUT2D eigenvalue weighted by Gasteiger charge is 2.09. The van der Waals surface area contributed by atoms with Crippen molar-refractivity contribution in [2.75, 3.05) is 11.9 Å². The maximum Gasteiger partial charge on any atom is 0.303 e. The third kappa shape index (κ3) is 1.87. The summed E-state index contributed by atoms with van der Waals surface area (Å²) in [6, 6.07) is 6.17. The number of rotatable bonds is 3. The molecule has 3 nitrogen and oxygen atoms in total. The van der Waals surface area contributed by atoms with Crippen LogP contribution >= 0.6 is 0 Å². The van der Waals surface area contributed by atoms with E-state index >= 15 is 0 Å². The van der Waals surface area contributed by atoms with Crippen molar-refractivity contribution in [2.45, 2.75) is 19.3 Å². The second-order valence-corrected chi connectivity index (χ2v) is 3.56. The van der Waals surface area contributed by atoms with Crippen molar-refractivity contribution in [3.63, 3.8) is 0 Å². The summed E-state index contributed by atoms with van der Waals surface area (Å²) in [5.74, 6) is -0.738. The van der Waals surface area contributed by atoms with Crippen molar-refractivity contribution in [1.82, 2.24) is 0 Å². The molecule has 2 rings (SSSR count). The molecule has 1 aromatic rings. The molecule has 3 heteroatoms. The highest BCUT2D eigenvalue weighted by atomic mass is 16.4. The van der Waals surface area contributed by atoms with Crippen molar-refractivity contribution >= 4 is 11.7 Å². The number of fused-ring (bicyclic) bond motifs is 1. The fourth-order valence-electron chi connectivity index (χ4n) is 1.74. The van der Waals surface area contributed by atoms with E-state index in [0.717, 1.165) is 18.5 Å². The first kappa shape index (κ1) is 9.06. The number of aliphatic carboxylic acids is 1. The molecule has 0 unspecified atom stereocenters. The molecule has 1 aromatic carbocycles. The lowest BCUT2D eigenvalue weighted by atomic mass is 10.1. The van der Waals surface area contributed by atoms with Gasteiger partial charge in [0.25, 0.3) is 0 Å². The van der Waals surface area contributed by atoms with Crippen LogP contribution in [0.5, 0.6) is 0 Å². The molecule has 1 heterocycles. The van der Waals surface area contributed by atoms with Crippen molar-refractivity contribution in [3.05, 3.63) is 29.3 Å². The van der Waals surface area contributed by atoms with E-state index in [1.54, 1.807) is 0 Å². The summed E-state index contributed by atoms with van der Waals surface area (Å²) in [4.78, 5) is 10.4. The minimum atomic E-state index is -0.738. The zero-order chi connectivity index (χ0) is 9.97. The summed E-state index contributed by atoms with van der Waals surface area (Å²) in [5, 5.41) is 11.8. The number of carbonyl (C=O) groups is 1. The molecule has 0 amide bonds. The van der Waals surface area contributed by atoms with E-state index in [4.69, 9.17) is 5.11 Å². The Morgan fingerprint density at radius 2 is 2.36 bits per heavy atom. The second-order valence-electron chi connectivity index (χ2n) is 3.56. The molecule has 1 aliphatic rings. The standard InChI is InChI=1S/C11H13NO2/c13-11(14)4-2-8-1-3-9-5-6-12-10(9)7-8/h1,3,7,12H,2,4-6H2,(H,13,14). The van der Waals surface area contributed by atoms with E-state index in [1.807, 2.05) is 6.07 Å². The van der Waals surface area contributed by atoms with Crippen LogP contribution in [-0.2, 0) is 17.6 Å². The number of benzene rings is 1. The SMILES string of the molecule is O=C(O)CCc1ccc2c(c1)NCC2. The molecule has 0 bridgehead atoms. The summed E-state index contributed by atoms with van der Waals surface area (Å²) < 4.78 is 0. The van der Waals surface area contributed by atoms with E-state index in [0.29, 0.717) is 6.42 Å². The number of nitrogens with one attached hydrogen (secondary N) is 1. The maximum absolute atomic E-state index is 10.4. The number of anilines is 1. The van der Waals surface area contributed by atoms with E-state index in [9.17, 15) is 4.79 Å². The van der Waals surface area contributed by atoms with Crippen LogP contribution in [0.15, 0.2) is 18.2 Å². The lowest BCUT2D eigenvalue weighted by molar-refractivity contribution is -0.136. The molecule has 0 radical (unpaired) electrons. The van der Waals surface area contributed by atoms with Crippen molar-refractivity contribution < 1.29 is 9.90 Å². The Balaban J connectivity index is 2.09. The van der Waals surface area contributed by atoms with E-state index in [-0.39, 0.29) is 6.42 Å². The summed E-state index contributed by atoms with van der Waals surface area (Å²) in [6.45, 7) is 0.998. The van der Waals surface area contributed by atoms with Gasteiger partial charge in [0.05, 0.1) is 0 Å². The van der Waals surface area contributed by atoms with Crippen molar-refractivity contribution in [2.24, 2.45) is 0 Å². The topological polar surface area (TPSA) is 49.3 Å². The third-order valence-corrected chi connectivity index (χ3v) is 2.51. The van der Waals surface area contributed by atoms with Gasteiger partial charge in [0.1, 0.15) is 0 Å². The van der Waals surface area contributed by atoms with Crippen LogP contribution in [0.3, 0.4) is 0 Å². The number of hydrogen-bond donors (Lipinski definition) is 2. The summed E-state index contributed by atoms with van der Waals surface area (Å²) in [7, 11) is 0. The molecule has 0 saturated heterocycles. The van der Waals surface area contributed by atoms with Gasteiger partial charge in [-0.15, -0.1) is 0 Å². The van der Waals surface area contributed by atoms with Crippen molar-refractivity contribution in [3.8, 4) is 0 Å². The van der Waals surface area contributed by atoms with E-state index in [2.05, 4.69) is 17.4 Å². The van der Waals surface area contributed by atoms with Crippen LogP contribution in [0.4, 0.5) is 5.69 Å². The smallest absolute Gasteiger partial charge is 0.303 e. The van der Waals surface area contributed by atoms with Crippen LogP contribution in [-0.4, -0.2) is 17.6 Å².